The van der Waals surface area contributed by atoms with E-state index in [-0.39, 0.29) is 18.2 Å². The molecule has 144 valence electrons. The number of phenolic OH excluding ortho intramolecular Hbond substituents is 1. The van der Waals surface area contributed by atoms with Crippen molar-refractivity contribution in [3.8, 4) is 5.75 Å². The Morgan fingerprint density at radius 3 is 2.54 bits per heavy atom. The van der Waals surface area contributed by atoms with Crippen LogP contribution in [0.4, 0.5) is 0 Å². The van der Waals surface area contributed by atoms with Gasteiger partial charge in [0.2, 0.25) is 5.91 Å². The van der Waals surface area contributed by atoms with Crippen LogP contribution in [0.2, 0.25) is 5.02 Å². The molecule has 26 heavy (non-hydrogen) atoms. The highest BCUT2D eigenvalue weighted by Crippen LogP contribution is 2.19. The highest BCUT2D eigenvalue weighted by Gasteiger charge is 2.05. The first-order valence-electron chi connectivity index (χ1n) is 9.10. The third-order valence-corrected chi connectivity index (χ3v) is 4.07. The molecule has 6 nitrogen and oxygen atoms in total. The van der Waals surface area contributed by atoms with Crippen molar-refractivity contribution in [2.45, 2.75) is 58.3 Å². The van der Waals surface area contributed by atoms with Crippen LogP contribution in [0.5, 0.6) is 5.75 Å². The van der Waals surface area contributed by atoms with Gasteiger partial charge in [0.25, 0.3) is 5.91 Å². The molecule has 2 amide bonds. The summed E-state index contributed by atoms with van der Waals surface area (Å²) < 4.78 is 0. The van der Waals surface area contributed by atoms with Crippen LogP contribution in [-0.2, 0) is 9.59 Å². The van der Waals surface area contributed by atoms with E-state index in [0.29, 0.717) is 17.0 Å². The number of aromatic hydroxyl groups is 1. The van der Waals surface area contributed by atoms with Crippen molar-refractivity contribution in [1.29, 1.82) is 0 Å². The summed E-state index contributed by atoms with van der Waals surface area (Å²) >= 11 is 5.82. The number of nitrogens with zero attached hydrogens (tertiary/aromatic N) is 1. The minimum Gasteiger partial charge on any atom is -0.507 e. The largest absolute Gasteiger partial charge is 0.507 e. The van der Waals surface area contributed by atoms with Gasteiger partial charge in [-0.2, -0.15) is 5.10 Å². The first-order valence-corrected chi connectivity index (χ1v) is 9.48. The zero-order chi connectivity index (χ0) is 19.2. The molecule has 0 spiro atoms. The van der Waals surface area contributed by atoms with Crippen molar-refractivity contribution in [2.75, 3.05) is 6.54 Å². The summed E-state index contributed by atoms with van der Waals surface area (Å²) in [6.45, 7) is 2.06. The molecule has 1 aromatic rings. The Morgan fingerprint density at radius 1 is 1.12 bits per heavy atom. The number of benzene rings is 1. The minimum absolute atomic E-state index is 0.00963. The number of carbonyl (C=O) groups excluding carboxylic acids is 2. The van der Waals surface area contributed by atoms with Crippen molar-refractivity contribution in [1.82, 2.24) is 10.7 Å². The number of hydrogen-bond donors (Lipinski definition) is 3. The fourth-order valence-electron chi connectivity index (χ4n) is 2.35. The fraction of sp³-hybridized carbons (Fsp3) is 0.526. The van der Waals surface area contributed by atoms with Gasteiger partial charge in [-0.3, -0.25) is 9.59 Å². The third-order valence-electron chi connectivity index (χ3n) is 3.84. The summed E-state index contributed by atoms with van der Waals surface area (Å²) in [7, 11) is 0. The Balaban J connectivity index is 2.14. The molecule has 0 aliphatic heterocycles. The second kappa shape index (κ2) is 13.2. The van der Waals surface area contributed by atoms with Gasteiger partial charge in [0.1, 0.15) is 5.75 Å². The summed E-state index contributed by atoms with van der Waals surface area (Å²) in [6, 6.07) is 4.51. The standard InChI is InChI=1S/C19H28ClN3O3/c1-2-3-4-5-6-7-8-9-18(25)21-14-19(26)23-22-13-15-12-16(20)10-11-17(15)24/h10-13,24H,2-9,14H2,1H3,(H,21,25)(H,23,26). The zero-order valence-corrected chi connectivity index (χ0v) is 16.0. The van der Waals surface area contributed by atoms with Gasteiger partial charge in [0.15, 0.2) is 0 Å². The van der Waals surface area contributed by atoms with E-state index in [1.807, 2.05) is 0 Å². The number of hydrogen-bond acceptors (Lipinski definition) is 4. The lowest BCUT2D eigenvalue weighted by molar-refractivity contribution is -0.126. The number of carbonyl (C=O) groups is 2. The van der Waals surface area contributed by atoms with Gasteiger partial charge < -0.3 is 10.4 Å². The molecule has 0 heterocycles. The number of hydrazone groups is 1. The molecular weight excluding hydrogens is 354 g/mol. The van der Waals surface area contributed by atoms with Crippen LogP contribution in [-0.4, -0.2) is 29.7 Å². The lowest BCUT2D eigenvalue weighted by atomic mass is 10.1. The molecule has 0 saturated heterocycles. The van der Waals surface area contributed by atoms with E-state index >= 15 is 0 Å². The summed E-state index contributed by atoms with van der Waals surface area (Å²) in [5, 5.41) is 16.4. The molecular formula is C19H28ClN3O3. The van der Waals surface area contributed by atoms with Crippen LogP contribution in [0, 0.1) is 0 Å². The number of nitrogens with one attached hydrogen (secondary N) is 2. The van der Waals surface area contributed by atoms with E-state index in [4.69, 9.17) is 11.6 Å². The first-order chi connectivity index (χ1) is 12.5. The predicted octanol–water partition coefficient (Wildman–Crippen LogP) is 3.75. The summed E-state index contributed by atoms with van der Waals surface area (Å²) in [4.78, 5) is 23.3. The summed E-state index contributed by atoms with van der Waals surface area (Å²) in [6.07, 6.45) is 9.74. The minimum atomic E-state index is -0.435. The van der Waals surface area contributed by atoms with Crippen molar-refractivity contribution in [2.24, 2.45) is 5.10 Å². The van der Waals surface area contributed by atoms with Crippen LogP contribution in [0.3, 0.4) is 0 Å². The quantitative estimate of drug-likeness (QED) is 0.292. The van der Waals surface area contributed by atoms with Gasteiger partial charge in [0.05, 0.1) is 12.8 Å². The Bertz CT molecular complexity index is 606. The maximum Gasteiger partial charge on any atom is 0.259 e. The normalized spacial score (nSPS) is 10.8. The molecule has 1 aromatic carbocycles. The summed E-state index contributed by atoms with van der Waals surface area (Å²) in [5.41, 5.74) is 2.68. The third kappa shape index (κ3) is 10.0. The Morgan fingerprint density at radius 2 is 1.81 bits per heavy atom. The van der Waals surface area contributed by atoms with Gasteiger partial charge in [-0.25, -0.2) is 5.43 Å². The summed E-state index contributed by atoms with van der Waals surface area (Å²) in [5.74, 6) is -0.559. The highest BCUT2D eigenvalue weighted by atomic mass is 35.5. The maximum absolute atomic E-state index is 11.7. The van der Waals surface area contributed by atoms with Crippen LogP contribution in [0.1, 0.15) is 63.9 Å². The average Bonchev–Trinajstić information content (AvgIpc) is 2.62. The van der Waals surface area contributed by atoms with E-state index in [1.54, 1.807) is 6.07 Å². The number of amides is 2. The number of rotatable bonds is 12. The van der Waals surface area contributed by atoms with Gasteiger partial charge >= 0.3 is 0 Å². The van der Waals surface area contributed by atoms with Crippen molar-refractivity contribution < 1.29 is 14.7 Å². The van der Waals surface area contributed by atoms with Gasteiger partial charge in [-0.05, 0) is 24.6 Å². The molecule has 0 aromatic heterocycles. The predicted molar refractivity (Wildman–Crippen MR) is 104 cm³/mol. The van der Waals surface area contributed by atoms with Crippen molar-refractivity contribution >= 4 is 29.6 Å². The fourth-order valence-corrected chi connectivity index (χ4v) is 2.53. The Kier molecular flexibility index (Phi) is 11.1. The molecule has 0 aliphatic carbocycles. The number of unbranched alkanes of at least 4 members (excludes halogenated alkanes) is 6. The molecule has 0 bridgehead atoms. The molecule has 0 unspecified atom stereocenters. The average molecular weight is 382 g/mol. The van der Waals surface area contributed by atoms with Gasteiger partial charge in [-0.1, -0.05) is 57.0 Å². The van der Waals surface area contributed by atoms with E-state index in [9.17, 15) is 14.7 Å². The van der Waals surface area contributed by atoms with Crippen LogP contribution in [0.15, 0.2) is 23.3 Å². The topological polar surface area (TPSA) is 90.8 Å². The molecule has 7 heteroatoms. The zero-order valence-electron chi connectivity index (χ0n) is 15.3. The first kappa shape index (κ1) is 22.0. The lowest BCUT2D eigenvalue weighted by Gasteiger charge is -2.04. The Labute approximate surface area is 160 Å². The lowest BCUT2D eigenvalue weighted by Crippen LogP contribution is -2.34. The second-order valence-electron chi connectivity index (χ2n) is 6.14. The molecule has 0 radical (unpaired) electrons. The number of halogens is 1. The molecule has 0 atom stereocenters. The van der Waals surface area contributed by atoms with E-state index in [2.05, 4.69) is 22.8 Å². The smallest absolute Gasteiger partial charge is 0.259 e. The van der Waals surface area contributed by atoms with Gasteiger partial charge in [0, 0.05) is 17.0 Å². The van der Waals surface area contributed by atoms with E-state index in [1.165, 1.54) is 44.0 Å². The number of phenols is 1. The molecule has 3 N–H and O–H groups in total. The van der Waals surface area contributed by atoms with Crippen LogP contribution < -0.4 is 10.7 Å². The Hall–Kier alpha value is -2.08. The van der Waals surface area contributed by atoms with E-state index < -0.39 is 5.91 Å². The van der Waals surface area contributed by atoms with Gasteiger partial charge in [-0.15, -0.1) is 0 Å². The van der Waals surface area contributed by atoms with Crippen molar-refractivity contribution in [3.05, 3.63) is 28.8 Å². The molecule has 0 saturated carbocycles. The highest BCUT2D eigenvalue weighted by molar-refractivity contribution is 6.30. The second-order valence-corrected chi connectivity index (χ2v) is 6.58. The van der Waals surface area contributed by atoms with Crippen molar-refractivity contribution in [3.63, 3.8) is 0 Å². The molecule has 0 aliphatic rings. The monoisotopic (exact) mass is 381 g/mol. The molecule has 0 fully saturated rings. The molecule has 1 rings (SSSR count). The maximum atomic E-state index is 11.7. The SMILES string of the molecule is CCCCCCCCCC(=O)NCC(=O)NN=Cc1cc(Cl)ccc1O. The van der Waals surface area contributed by atoms with Crippen LogP contribution in [0.25, 0.3) is 0 Å². The van der Waals surface area contributed by atoms with E-state index in [0.717, 1.165) is 19.3 Å². The van der Waals surface area contributed by atoms with Crippen LogP contribution >= 0.6 is 11.6 Å².